The number of allylic oxidation sites excluding steroid dienone is 2. The number of thiophene rings is 1. The molecule has 3 nitrogen and oxygen atoms in total. The van der Waals surface area contributed by atoms with Gasteiger partial charge in [-0.3, -0.25) is 4.79 Å². The van der Waals surface area contributed by atoms with Crippen molar-refractivity contribution < 1.29 is 14.3 Å². The van der Waals surface area contributed by atoms with Crippen molar-refractivity contribution in [3.8, 4) is 11.5 Å². The Balaban J connectivity index is 1.88. The molecule has 0 radical (unpaired) electrons. The summed E-state index contributed by atoms with van der Waals surface area (Å²) in [5, 5.41) is 2.03. The van der Waals surface area contributed by atoms with Crippen LogP contribution in [-0.4, -0.2) is 20.0 Å². The van der Waals surface area contributed by atoms with E-state index >= 15 is 0 Å². The van der Waals surface area contributed by atoms with Gasteiger partial charge in [0.2, 0.25) is 0 Å². The highest BCUT2D eigenvalue weighted by Gasteiger charge is 2.20. The fourth-order valence-corrected chi connectivity index (χ4v) is 3.55. The number of Topliss-reactive ketones (excluding diaryl/α,β-unsaturated/α-hetero) is 1. The van der Waals surface area contributed by atoms with Gasteiger partial charge in [-0.2, -0.15) is 0 Å². The Kier molecular flexibility index (Phi) is 5.16. The number of hydrogen-bond acceptors (Lipinski definition) is 4. The molecule has 0 atom stereocenters. The minimum Gasteiger partial charge on any atom is -0.493 e. The first-order chi connectivity index (χ1) is 11.7. The average molecular weight is 340 g/mol. The van der Waals surface area contributed by atoms with E-state index in [4.69, 9.17) is 9.47 Å². The van der Waals surface area contributed by atoms with E-state index in [2.05, 4.69) is 0 Å². The van der Waals surface area contributed by atoms with Gasteiger partial charge in [-0.25, -0.2) is 0 Å². The summed E-state index contributed by atoms with van der Waals surface area (Å²) in [5.74, 6) is 1.52. The van der Waals surface area contributed by atoms with Crippen molar-refractivity contribution in [2.24, 2.45) is 0 Å². The number of ketones is 1. The predicted molar refractivity (Wildman–Crippen MR) is 98.7 cm³/mol. The summed E-state index contributed by atoms with van der Waals surface area (Å²) < 4.78 is 10.6. The van der Waals surface area contributed by atoms with Crippen LogP contribution in [0.2, 0.25) is 0 Å². The average Bonchev–Trinajstić information content (AvgIpc) is 3.11. The zero-order valence-corrected chi connectivity index (χ0v) is 14.7. The first kappa shape index (κ1) is 16.5. The third kappa shape index (κ3) is 3.60. The largest absolute Gasteiger partial charge is 0.493 e. The summed E-state index contributed by atoms with van der Waals surface area (Å²) in [6, 6.07) is 9.75. The second kappa shape index (κ2) is 7.49. The lowest BCUT2D eigenvalue weighted by Crippen LogP contribution is -2.12. The third-order valence-corrected chi connectivity index (χ3v) is 4.90. The molecule has 124 valence electrons. The predicted octanol–water partition coefficient (Wildman–Crippen LogP) is 4.99. The van der Waals surface area contributed by atoms with Gasteiger partial charge in [0.05, 0.1) is 14.2 Å². The number of rotatable bonds is 4. The summed E-state index contributed by atoms with van der Waals surface area (Å²) in [5.41, 5.74) is 2.71. The van der Waals surface area contributed by atoms with E-state index in [-0.39, 0.29) is 5.78 Å². The molecule has 2 aromatic rings. The molecule has 0 saturated heterocycles. The molecule has 1 aromatic carbocycles. The van der Waals surface area contributed by atoms with Crippen LogP contribution >= 0.6 is 11.3 Å². The summed E-state index contributed by atoms with van der Waals surface area (Å²) in [7, 11) is 3.23. The highest BCUT2D eigenvalue weighted by Crippen LogP contribution is 2.32. The van der Waals surface area contributed by atoms with Gasteiger partial charge in [0.25, 0.3) is 0 Å². The third-order valence-electron chi connectivity index (χ3n) is 4.08. The molecule has 0 unspecified atom stereocenters. The van der Waals surface area contributed by atoms with Crippen molar-refractivity contribution in [3.05, 3.63) is 57.3 Å². The maximum Gasteiger partial charge on any atom is 0.185 e. The van der Waals surface area contributed by atoms with E-state index in [1.54, 1.807) is 25.6 Å². The van der Waals surface area contributed by atoms with Gasteiger partial charge in [-0.15, -0.1) is 11.3 Å². The van der Waals surface area contributed by atoms with Crippen molar-refractivity contribution in [2.75, 3.05) is 14.2 Å². The molecule has 3 rings (SSSR count). The van der Waals surface area contributed by atoms with Crippen LogP contribution in [0.4, 0.5) is 0 Å². The van der Waals surface area contributed by atoms with Crippen molar-refractivity contribution in [2.45, 2.75) is 19.3 Å². The van der Waals surface area contributed by atoms with Crippen LogP contribution in [0.25, 0.3) is 12.2 Å². The lowest BCUT2D eigenvalue weighted by Gasteiger charge is -2.16. The molecule has 1 saturated carbocycles. The minimum atomic E-state index is 0.157. The van der Waals surface area contributed by atoms with Gasteiger partial charge < -0.3 is 9.47 Å². The normalized spacial score (nSPS) is 18.2. The van der Waals surface area contributed by atoms with E-state index in [1.165, 1.54) is 0 Å². The van der Waals surface area contributed by atoms with Crippen molar-refractivity contribution in [3.63, 3.8) is 0 Å². The molecule has 4 heteroatoms. The number of carbonyl (C=O) groups excluding carboxylic acids is 1. The van der Waals surface area contributed by atoms with E-state index < -0.39 is 0 Å². The lowest BCUT2D eigenvalue weighted by molar-refractivity contribution is -0.112. The first-order valence-corrected chi connectivity index (χ1v) is 8.80. The van der Waals surface area contributed by atoms with Gasteiger partial charge in [-0.1, -0.05) is 12.1 Å². The van der Waals surface area contributed by atoms with Gasteiger partial charge in [-0.05, 0) is 60.6 Å². The van der Waals surface area contributed by atoms with Gasteiger partial charge in [0.15, 0.2) is 17.3 Å². The molecule has 1 fully saturated rings. The molecule has 0 aliphatic heterocycles. The van der Waals surface area contributed by atoms with Crippen molar-refractivity contribution >= 4 is 29.3 Å². The van der Waals surface area contributed by atoms with Crippen LogP contribution < -0.4 is 9.47 Å². The Labute approximate surface area is 146 Å². The minimum absolute atomic E-state index is 0.157. The number of benzene rings is 1. The summed E-state index contributed by atoms with van der Waals surface area (Å²) in [4.78, 5) is 13.9. The van der Waals surface area contributed by atoms with Crippen LogP contribution in [-0.2, 0) is 4.79 Å². The summed E-state index contributed by atoms with van der Waals surface area (Å²) in [6.45, 7) is 0. The second-order valence-corrected chi connectivity index (χ2v) is 6.63. The van der Waals surface area contributed by atoms with Crippen LogP contribution in [0.1, 0.15) is 29.7 Å². The molecule has 0 spiro atoms. The highest BCUT2D eigenvalue weighted by atomic mass is 32.1. The summed E-state index contributed by atoms with van der Waals surface area (Å²) >= 11 is 1.65. The maximum atomic E-state index is 12.7. The van der Waals surface area contributed by atoms with Crippen LogP contribution in [0.15, 0.2) is 46.9 Å². The Morgan fingerprint density at radius 3 is 2.42 bits per heavy atom. The molecular weight excluding hydrogens is 320 g/mol. The number of methoxy groups -OCH3 is 2. The number of hydrogen-bond donors (Lipinski definition) is 0. The van der Waals surface area contributed by atoms with Crippen LogP contribution in [0, 0.1) is 0 Å². The number of carbonyl (C=O) groups is 1. The van der Waals surface area contributed by atoms with Gasteiger partial charge in [0.1, 0.15) is 0 Å². The fourth-order valence-electron chi connectivity index (χ4n) is 2.87. The molecule has 1 aliphatic carbocycles. The molecule has 1 heterocycles. The molecule has 1 aromatic heterocycles. The van der Waals surface area contributed by atoms with E-state index in [1.807, 2.05) is 47.9 Å². The quantitative estimate of drug-likeness (QED) is 0.736. The van der Waals surface area contributed by atoms with Gasteiger partial charge >= 0.3 is 0 Å². The Bertz CT molecular complexity index is 785. The smallest absolute Gasteiger partial charge is 0.185 e. The van der Waals surface area contributed by atoms with E-state index in [0.29, 0.717) is 11.5 Å². The van der Waals surface area contributed by atoms with Crippen molar-refractivity contribution in [1.29, 1.82) is 0 Å². The fraction of sp³-hybridized carbons (Fsp3) is 0.250. The SMILES string of the molecule is COc1ccc(/C=C2\CCC/C(=C/c3cccs3)C2=O)cc1OC. The zero-order chi connectivity index (χ0) is 16.9. The molecule has 24 heavy (non-hydrogen) atoms. The molecular formula is C20H20O3S. The van der Waals surface area contributed by atoms with Crippen molar-refractivity contribution in [1.82, 2.24) is 0 Å². The monoisotopic (exact) mass is 340 g/mol. The first-order valence-electron chi connectivity index (χ1n) is 7.92. The topological polar surface area (TPSA) is 35.5 Å². The Morgan fingerprint density at radius 2 is 1.75 bits per heavy atom. The Hall–Kier alpha value is -2.33. The van der Waals surface area contributed by atoms with Crippen LogP contribution in [0.5, 0.6) is 11.5 Å². The summed E-state index contributed by atoms with van der Waals surface area (Å²) in [6.07, 6.45) is 6.65. The van der Waals surface area contributed by atoms with Gasteiger partial charge in [0, 0.05) is 16.0 Å². The highest BCUT2D eigenvalue weighted by molar-refractivity contribution is 7.10. The lowest BCUT2D eigenvalue weighted by atomic mass is 9.87. The van der Waals surface area contributed by atoms with Crippen LogP contribution in [0.3, 0.4) is 0 Å². The van der Waals surface area contributed by atoms with E-state index in [0.717, 1.165) is 40.8 Å². The molecule has 0 N–H and O–H groups in total. The number of ether oxygens (including phenoxy) is 2. The maximum absolute atomic E-state index is 12.7. The Morgan fingerprint density at radius 1 is 1.00 bits per heavy atom. The standard InChI is InChI=1S/C20H20O3S/c1-22-18-9-8-14(12-19(18)23-2)11-15-5-3-6-16(20(15)21)13-17-7-4-10-24-17/h4,7-13H,3,5-6H2,1-2H3/b15-11+,16-13-. The second-order valence-electron chi connectivity index (χ2n) is 5.65. The van der Waals surface area contributed by atoms with E-state index in [9.17, 15) is 4.79 Å². The molecule has 0 bridgehead atoms. The molecule has 1 aliphatic rings. The molecule has 0 amide bonds. The zero-order valence-electron chi connectivity index (χ0n) is 13.9.